The molecular weight excluding hydrogens is 284 g/mol. The average molecular weight is 310 g/mol. The Morgan fingerprint density at radius 2 is 1.96 bits per heavy atom. The van der Waals surface area contributed by atoms with Crippen molar-refractivity contribution in [3.63, 3.8) is 0 Å². The van der Waals surface area contributed by atoms with Crippen LogP contribution in [0.5, 0.6) is 0 Å². The first-order valence-electron chi connectivity index (χ1n) is 8.25. The molecule has 0 spiro atoms. The van der Waals surface area contributed by atoms with Crippen molar-refractivity contribution in [2.75, 3.05) is 19.0 Å². The Kier molecular flexibility index (Phi) is 4.96. The fraction of sp³-hybridized carbons (Fsp3) is 0.368. The highest BCUT2D eigenvalue weighted by molar-refractivity contribution is 5.47. The van der Waals surface area contributed by atoms with Crippen molar-refractivity contribution in [2.45, 2.75) is 32.5 Å². The molecule has 1 unspecified atom stereocenters. The molecule has 1 aliphatic heterocycles. The van der Waals surface area contributed by atoms with Crippen LogP contribution >= 0.6 is 0 Å². The summed E-state index contributed by atoms with van der Waals surface area (Å²) in [6.45, 7) is 6.14. The predicted octanol–water partition coefficient (Wildman–Crippen LogP) is 3.42. The van der Waals surface area contributed by atoms with Crippen molar-refractivity contribution in [3.05, 3.63) is 65.2 Å². The van der Waals surface area contributed by atoms with Gasteiger partial charge in [0.25, 0.3) is 0 Å². The number of benzene rings is 2. The van der Waals surface area contributed by atoms with E-state index in [0.29, 0.717) is 5.92 Å². The molecule has 0 aliphatic carbocycles. The van der Waals surface area contributed by atoms with Crippen LogP contribution in [0.1, 0.15) is 42.6 Å². The minimum Gasteiger partial charge on any atom is -0.381 e. The van der Waals surface area contributed by atoms with Crippen LogP contribution in [0.15, 0.2) is 48.5 Å². The maximum Gasteiger partial charge on any atom is 0.0997 e. The highest BCUT2D eigenvalue weighted by Crippen LogP contribution is 2.22. The van der Waals surface area contributed by atoms with E-state index in [1.54, 1.807) is 0 Å². The molecule has 0 bridgehead atoms. The van der Waals surface area contributed by atoms with Gasteiger partial charge in [-0.2, -0.15) is 0 Å². The molecule has 1 atom stereocenters. The second-order valence-corrected chi connectivity index (χ2v) is 6.51. The van der Waals surface area contributed by atoms with Gasteiger partial charge in [-0.25, -0.2) is 10.9 Å². The summed E-state index contributed by atoms with van der Waals surface area (Å²) in [6, 6.07) is 17.5. The highest BCUT2D eigenvalue weighted by Gasteiger charge is 2.21. The van der Waals surface area contributed by atoms with Crippen molar-refractivity contribution in [1.29, 1.82) is 0 Å². The van der Waals surface area contributed by atoms with Gasteiger partial charge in [-0.05, 0) is 41.8 Å². The zero-order valence-corrected chi connectivity index (χ0v) is 14.1. The summed E-state index contributed by atoms with van der Waals surface area (Å²) in [5.41, 5.74) is 11.6. The number of nitrogens with zero attached hydrogens (tertiary/aromatic N) is 1. The van der Waals surface area contributed by atoms with Crippen LogP contribution in [0, 0.1) is 0 Å². The molecule has 4 heteroatoms. The second kappa shape index (κ2) is 7.13. The Morgan fingerprint density at radius 1 is 1.17 bits per heavy atom. The lowest BCUT2D eigenvalue weighted by Gasteiger charge is -2.19. The van der Waals surface area contributed by atoms with Crippen molar-refractivity contribution in [1.82, 2.24) is 15.8 Å². The van der Waals surface area contributed by atoms with Gasteiger partial charge in [0.2, 0.25) is 0 Å². The Bertz CT molecular complexity index is 636. The molecule has 1 heterocycles. The fourth-order valence-corrected chi connectivity index (χ4v) is 2.85. The Morgan fingerprint density at radius 3 is 2.61 bits per heavy atom. The van der Waals surface area contributed by atoms with Crippen molar-refractivity contribution < 1.29 is 0 Å². The van der Waals surface area contributed by atoms with E-state index in [0.717, 1.165) is 18.9 Å². The van der Waals surface area contributed by atoms with E-state index in [1.807, 2.05) is 0 Å². The minimum atomic E-state index is 0.224. The summed E-state index contributed by atoms with van der Waals surface area (Å²) in [7, 11) is 2.11. The largest absolute Gasteiger partial charge is 0.381 e. The molecule has 1 fully saturated rings. The lowest BCUT2D eigenvalue weighted by Crippen LogP contribution is -2.26. The molecule has 3 N–H and O–H groups in total. The fourth-order valence-electron chi connectivity index (χ4n) is 2.85. The number of rotatable bonds is 5. The highest BCUT2D eigenvalue weighted by atomic mass is 15.6. The maximum absolute atomic E-state index is 3.52. The Hall–Kier alpha value is -1.88. The first kappa shape index (κ1) is 16.0. The normalized spacial score (nSPS) is 18.5. The van der Waals surface area contributed by atoms with Gasteiger partial charge in [0.15, 0.2) is 0 Å². The van der Waals surface area contributed by atoms with Crippen LogP contribution in [0.2, 0.25) is 0 Å². The van der Waals surface area contributed by atoms with Gasteiger partial charge in [-0.15, -0.1) is 0 Å². The molecule has 122 valence electrons. The number of nitrogens with one attached hydrogen (secondary N) is 3. The van der Waals surface area contributed by atoms with E-state index in [1.165, 1.54) is 16.7 Å². The third-order valence-electron chi connectivity index (χ3n) is 4.35. The van der Waals surface area contributed by atoms with Crippen molar-refractivity contribution in [2.24, 2.45) is 0 Å². The zero-order valence-electron chi connectivity index (χ0n) is 14.1. The number of hydrazine groups is 1. The molecule has 0 radical (unpaired) electrons. The monoisotopic (exact) mass is 310 g/mol. The summed E-state index contributed by atoms with van der Waals surface area (Å²) < 4.78 is 0. The standard InChI is InChI=1S/C19H26N4/c1-14(2)16-9-7-15(8-10-16)12-20-18-6-4-5-17(11-18)19-22-21-13-23(19)3/h4-11,14,19-22H,12-13H2,1-3H3. The van der Waals surface area contributed by atoms with Gasteiger partial charge < -0.3 is 5.32 Å². The third kappa shape index (κ3) is 3.91. The third-order valence-corrected chi connectivity index (χ3v) is 4.35. The molecule has 0 saturated carbocycles. The predicted molar refractivity (Wildman–Crippen MR) is 95.9 cm³/mol. The quantitative estimate of drug-likeness (QED) is 0.791. The Balaban J connectivity index is 1.64. The van der Waals surface area contributed by atoms with Crippen LogP contribution in [-0.4, -0.2) is 18.6 Å². The van der Waals surface area contributed by atoms with Crippen LogP contribution in [0.25, 0.3) is 0 Å². The summed E-state index contributed by atoms with van der Waals surface area (Å²) in [6.07, 6.45) is 0.224. The van der Waals surface area contributed by atoms with Gasteiger partial charge in [0.1, 0.15) is 0 Å². The smallest absolute Gasteiger partial charge is 0.0997 e. The maximum atomic E-state index is 3.52. The SMILES string of the molecule is CC(C)c1ccc(CNc2cccc(C3NNCN3C)c2)cc1. The molecule has 4 nitrogen and oxygen atoms in total. The molecular formula is C19H26N4. The number of hydrogen-bond donors (Lipinski definition) is 3. The first-order chi connectivity index (χ1) is 11.1. The van der Waals surface area contributed by atoms with Gasteiger partial charge in [0.05, 0.1) is 12.8 Å². The molecule has 3 rings (SSSR count). The molecule has 23 heavy (non-hydrogen) atoms. The van der Waals surface area contributed by atoms with E-state index < -0.39 is 0 Å². The van der Waals surface area contributed by atoms with Crippen LogP contribution in [0.4, 0.5) is 5.69 Å². The van der Waals surface area contributed by atoms with E-state index in [-0.39, 0.29) is 6.17 Å². The first-order valence-corrected chi connectivity index (χ1v) is 8.25. The van der Waals surface area contributed by atoms with Gasteiger partial charge in [0, 0.05) is 12.2 Å². The topological polar surface area (TPSA) is 39.3 Å². The number of anilines is 1. The summed E-state index contributed by atoms with van der Waals surface area (Å²) in [5.74, 6) is 0.582. The summed E-state index contributed by atoms with van der Waals surface area (Å²) in [4.78, 5) is 2.24. The van der Waals surface area contributed by atoms with E-state index in [4.69, 9.17) is 0 Å². The lowest BCUT2D eigenvalue weighted by atomic mass is 10.0. The molecule has 0 amide bonds. The summed E-state index contributed by atoms with van der Waals surface area (Å²) >= 11 is 0. The molecule has 2 aromatic rings. The molecule has 1 aliphatic rings. The van der Waals surface area contributed by atoms with Gasteiger partial charge >= 0.3 is 0 Å². The van der Waals surface area contributed by atoms with Gasteiger partial charge in [-0.3, -0.25) is 4.90 Å². The molecule has 1 saturated heterocycles. The van der Waals surface area contributed by atoms with Crippen molar-refractivity contribution >= 4 is 5.69 Å². The van der Waals surface area contributed by atoms with E-state index >= 15 is 0 Å². The van der Waals surface area contributed by atoms with Crippen LogP contribution < -0.4 is 16.2 Å². The van der Waals surface area contributed by atoms with Crippen LogP contribution in [0.3, 0.4) is 0 Å². The minimum absolute atomic E-state index is 0.224. The zero-order chi connectivity index (χ0) is 16.2. The second-order valence-electron chi connectivity index (χ2n) is 6.51. The lowest BCUT2D eigenvalue weighted by molar-refractivity contribution is 0.301. The molecule has 2 aromatic carbocycles. The summed E-state index contributed by atoms with van der Waals surface area (Å²) in [5, 5.41) is 3.52. The number of hydrogen-bond acceptors (Lipinski definition) is 4. The van der Waals surface area contributed by atoms with Crippen molar-refractivity contribution in [3.8, 4) is 0 Å². The molecule has 0 aromatic heterocycles. The van der Waals surface area contributed by atoms with E-state index in [9.17, 15) is 0 Å². The average Bonchev–Trinajstić information content (AvgIpc) is 3.00. The van der Waals surface area contributed by atoms with Gasteiger partial charge in [-0.1, -0.05) is 50.2 Å². The Labute approximate surface area is 138 Å². The van der Waals surface area contributed by atoms with E-state index in [2.05, 4.69) is 90.5 Å². The van der Waals surface area contributed by atoms with Crippen LogP contribution in [-0.2, 0) is 6.54 Å².